The van der Waals surface area contributed by atoms with E-state index in [2.05, 4.69) is 0 Å². The van der Waals surface area contributed by atoms with Gasteiger partial charge in [-0.25, -0.2) is 17.6 Å². The van der Waals surface area contributed by atoms with Gasteiger partial charge >= 0.3 is 0 Å². The van der Waals surface area contributed by atoms with Crippen LogP contribution < -0.4 is 4.74 Å². The fourth-order valence-corrected chi connectivity index (χ4v) is 2.61. The quantitative estimate of drug-likeness (QED) is 0.472. The summed E-state index contributed by atoms with van der Waals surface area (Å²) in [6.45, 7) is 0.456. The minimum Gasteiger partial charge on any atom is -0.491 e. The maximum Gasteiger partial charge on any atom is 0.257 e. The summed E-state index contributed by atoms with van der Waals surface area (Å²) in [5.74, 6) is -7.61. The van der Waals surface area contributed by atoms with Crippen LogP contribution in [-0.4, -0.2) is 43.2 Å². The number of nitrogens with zero attached hydrogens (tertiary/aromatic N) is 1. The molecular formula is C18H15F4NO3. The Hall–Kier alpha value is -2.61. The van der Waals surface area contributed by atoms with Gasteiger partial charge in [0.25, 0.3) is 5.91 Å². The zero-order chi connectivity index (χ0) is 18.7. The second-order valence-electron chi connectivity index (χ2n) is 5.72. The predicted octanol–water partition coefficient (Wildman–Crippen LogP) is 3.16. The van der Waals surface area contributed by atoms with Crippen LogP contribution in [0.25, 0.3) is 0 Å². The molecule has 2 aromatic rings. The van der Waals surface area contributed by atoms with E-state index in [1.54, 1.807) is 24.3 Å². The maximum atomic E-state index is 13.8. The second-order valence-corrected chi connectivity index (χ2v) is 5.72. The molecule has 1 saturated heterocycles. The molecule has 1 aliphatic rings. The van der Waals surface area contributed by atoms with Crippen molar-refractivity contribution in [3.8, 4) is 5.75 Å². The lowest BCUT2D eigenvalue weighted by Gasteiger charge is -2.33. The van der Waals surface area contributed by atoms with Crippen LogP contribution in [0.15, 0.2) is 36.4 Å². The summed E-state index contributed by atoms with van der Waals surface area (Å²) in [6, 6.07) is 9.30. The average Bonchev–Trinajstić information content (AvgIpc) is 2.68. The first-order chi connectivity index (χ1) is 12.5. The first-order valence-corrected chi connectivity index (χ1v) is 7.89. The first kappa shape index (κ1) is 18.2. The number of carbonyl (C=O) groups is 1. The highest BCUT2D eigenvalue weighted by Crippen LogP contribution is 2.21. The van der Waals surface area contributed by atoms with E-state index < -0.39 is 40.8 Å². The third kappa shape index (κ3) is 3.80. The molecule has 1 aliphatic heterocycles. The van der Waals surface area contributed by atoms with Crippen molar-refractivity contribution < 1.29 is 31.8 Å². The van der Waals surface area contributed by atoms with E-state index in [0.29, 0.717) is 11.8 Å². The van der Waals surface area contributed by atoms with Crippen molar-refractivity contribution in [2.24, 2.45) is 0 Å². The normalized spacial score (nSPS) is 17.2. The molecule has 1 heterocycles. The van der Waals surface area contributed by atoms with Crippen molar-refractivity contribution in [2.45, 2.75) is 6.10 Å². The monoisotopic (exact) mass is 369 g/mol. The topological polar surface area (TPSA) is 38.8 Å². The summed E-state index contributed by atoms with van der Waals surface area (Å²) in [6.07, 6.45) is -0.494. The van der Waals surface area contributed by atoms with Crippen LogP contribution in [0.1, 0.15) is 10.4 Å². The molecule has 138 valence electrons. The van der Waals surface area contributed by atoms with E-state index in [9.17, 15) is 22.4 Å². The zero-order valence-corrected chi connectivity index (χ0v) is 13.6. The van der Waals surface area contributed by atoms with Crippen LogP contribution in [-0.2, 0) is 4.74 Å². The summed E-state index contributed by atoms with van der Waals surface area (Å²) in [7, 11) is 0. The van der Waals surface area contributed by atoms with Gasteiger partial charge < -0.3 is 14.4 Å². The van der Waals surface area contributed by atoms with Gasteiger partial charge in [0.2, 0.25) is 0 Å². The van der Waals surface area contributed by atoms with Gasteiger partial charge in [0.1, 0.15) is 18.5 Å². The molecular weight excluding hydrogens is 354 g/mol. The largest absolute Gasteiger partial charge is 0.491 e. The Labute approximate surface area is 146 Å². The maximum absolute atomic E-state index is 13.8. The number of benzene rings is 2. The number of ether oxygens (including phenoxy) is 2. The number of hydrogen-bond acceptors (Lipinski definition) is 3. The molecule has 0 aliphatic carbocycles. The van der Waals surface area contributed by atoms with Crippen LogP contribution in [0, 0.1) is 23.3 Å². The van der Waals surface area contributed by atoms with Crippen molar-refractivity contribution in [1.82, 2.24) is 4.90 Å². The Bertz CT molecular complexity index is 801. The number of hydrogen-bond donors (Lipinski definition) is 0. The van der Waals surface area contributed by atoms with Gasteiger partial charge in [-0.2, -0.15) is 0 Å². The molecule has 1 atom stereocenters. The van der Waals surface area contributed by atoms with Crippen LogP contribution in [0.2, 0.25) is 0 Å². The minimum absolute atomic E-state index is 0.0473. The molecule has 2 aromatic carbocycles. The van der Waals surface area contributed by atoms with Gasteiger partial charge in [0.05, 0.1) is 18.7 Å². The Kier molecular flexibility index (Phi) is 5.41. The van der Waals surface area contributed by atoms with Crippen molar-refractivity contribution in [3.05, 3.63) is 65.2 Å². The molecule has 0 bridgehead atoms. The molecule has 1 unspecified atom stereocenters. The Balaban J connectivity index is 1.68. The second kappa shape index (κ2) is 7.74. The molecule has 4 nitrogen and oxygen atoms in total. The zero-order valence-electron chi connectivity index (χ0n) is 13.6. The molecule has 0 spiro atoms. The fourth-order valence-electron chi connectivity index (χ4n) is 2.61. The van der Waals surface area contributed by atoms with Gasteiger partial charge in [-0.05, 0) is 18.2 Å². The summed E-state index contributed by atoms with van der Waals surface area (Å²) in [5.41, 5.74) is -0.856. The van der Waals surface area contributed by atoms with Gasteiger partial charge in [0, 0.05) is 6.54 Å². The van der Waals surface area contributed by atoms with Gasteiger partial charge in [-0.3, -0.25) is 4.79 Å². The molecule has 26 heavy (non-hydrogen) atoms. The number of halogens is 4. The van der Waals surface area contributed by atoms with Crippen LogP contribution in [0.4, 0.5) is 17.6 Å². The lowest BCUT2D eigenvalue weighted by molar-refractivity contribution is -0.0402. The highest BCUT2D eigenvalue weighted by atomic mass is 19.2. The number of morpholine rings is 1. The lowest BCUT2D eigenvalue weighted by atomic mass is 10.1. The van der Waals surface area contributed by atoms with Crippen molar-refractivity contribution in [1.29, 1.82) is 0 Å². The molecule has 3 rings (SSSR count). The SMILES string of the molecule is O=C(c1cc(F)c(F)c(F)c1F)N1CCOC(COc2ccccc2)C1. The van der Waals surface area contributed by atoms with Gasteiger partial charge in [-0.15, -0.1) is 0 Å². The average molecular weight is 369 g/mol. The Morgan fingerprint density at radius 2 is 1.85 bits per heavy atom. The van der Waals surface area contributed by atoms with E-state index in [1.807, 2.05) is 6.07 Å². The lowest BCUT2D eigenvalue weighted by Crippen LogP contribution is -2.47. The molecule has 1 amide bonds. The van der Waals surface area contributed by atoms with E-state index >= 15 is 0 Å². The van der Waals surface area contributed by atoms with Gasteiger partial charge in [0.15, 0.2) is 23.3 Å². The van der Waals surface area contributed by atoms with Crippen LogP contribution >= 0.6 is 0 Å². The van der Waals surface area contributed by atoms with Crippen molar-refractivity contribution in [3.63, 3.8) is 0 Å². The fraction of sp³-hybridized carbons (Fsp3) is 0.278. The molecule has 0 aromatic heterocycles. The van der Waals surface area contributed by atoms with Crippen molar-refractivity contribution >= 4 is 5.91 Å². The number of carbonyl (C=O) groups excluding carboxylic acids is 1. The third-order valence-electron chi connectivity index (χ3n) is 3.94. The first-order valence-electron chi connectivity index (χ1n) is 7.89. The summed E-state index contributed by atoms with van der Waals surface area (Å²) in [4.78, 5) is 13.6. The number of amides is 1. The molecule has 0 saturated carbocycles. The van der Waals surface area contributed by atoms with Crippen molar-refractivity contribution in [2.75, 3.05) is 26.3 Å². The Morgan fingerprint density at radius 1 is 1.12 bits per heavy atom. The molecule has 0 N–H and O–H groups in total. The Morgan fingerprint density at radius 3 is 2.58 bits per heavy atom. The summed E-state index contributed by atoms with van der Waals surface area (Å²) >= 11 is 0. The highest BCUT2D eigenvalue weighted by molar-refractivity contribution is 5.94. The number of rotatable bonds is 4. The van der Waals surface area contributed by atoms with Gasteiger partial charge in [-0.1, -0.05) is 18.2 Å². The number of para-hydroxylation sites is 1. The summed E-state index contributed by atoms with van der Waals surface area (Å²) in [5, 5.41) is 0. The molecule has 0 radical (unpaired) electrons. The van der Waals surface area contributed by atoms with E-state index in [0.717, 1.165) is 0 Å². The van der Waals surface area contributed by atoms with Crippen LogP contribution in [0.3, 0.4) is 0 Å². The minimum atomic E-state index is -2.01. The standard InChI is InChI=1S/C18H15F4NO3/c19-14-8-13(15(20)17(22)16(14)21)18(24)23-6-7-25-12(9-23)10-26-11-4-2-1-3-5-11/h1-5,8,12H,6-7,9-10H2. The van der Waals surface area contributed by atoms with Crippen LogP contribution in [0.5, 0.6) is 5.75 Å². The summed E-state index contributed by atoms with van der Waals surface area (Å²) < 4.78 is 64.6. The predicted molar refractivity (Wildman–Crippen MR) is 83.9 cm³/mol. The smallest absolute Gasteiger partial charge is 0.257 e. The van der Waals surface area contributed by atoms with E-state index in [1.165, 1.54) is 4.90 Å². The van der Waals surface area contributed by atoms with E-state index in [4.69, 9.17) is 9.47 Å². The molecule has 8 heteroatoms. The third-order valence-corrected chi connectivity index (χ3v) is 3.94. The van der Waals surface area contributed by atoms with E-state index in [-0.39, 0.29) is 26.3 Å². The highest BCUT2D eigenvalue weighted by Gasteiger charge is 2.30. The molecule has 1 fully saturated rings.